The molecule has 3 heterocycles. The SMILES string of the molecule is CCOC(=O)c1cc2cccn2c(C(C)OCc2ccncc2)c1C. The molecule has 1 atom stereocenters. The Morgan fingerprint density at radius 3 is 2.76 bits per heavy atom. The van der Waals surface area contributed by atoms with Gasteiger partial charge in [-0.15, -0.1) is 0 Å². The molecule has 5 nitrogen and oxygen atoms in total. The predicted molar refractivity (Wildman–Crippen MR) is 95.5 cm³/mol. The third kappa shape index (κ3) is 3.56. The first-order valence-corrected chi connectivity index (χ1v) is 8.40. The second kappa shape index (κ2) is 7.49. The van der Waals surface area contributed by atoms with Crippen LogP contribution in [0.15, 0.2) is 48.9 Å². The molecule has 0 fully saturated rings. The molecule has 5 heteroatoms. The molecule has 3 aromatic heterocycles. The molecule has 1 unspecified atom stereocenters. The van der Waals surface area contributed by atoms with E-state index < -0.39 is 0 Å². The molecule has 0 aliphatic carbocycles. The normalized spacial score (nSPS) is 12.3. The maximum Gasteiger partial charge on any atom is 0.338 e. The van der Waals surface area contributed by atoms with Crippen LogP contribution in [0, 0.1) is 6.92 Å². The molecule has 0 radical (unpaired) electrons. The zero-order chi connectivity index (χ0) is 17.8. The van der Waals surface area contributed by atoms with Crippen molar-refractivity contribution in [3.05, 3.63) is 71.3 Å². The van der Waals surface area contributed by atoms with E-state index in [0.29, 0.717) is 18.8 Å². The minimum Gasteiger partial charge on any atom is -0.462 e. The first-order chi connectivity index (χ1) is 12.1. The van der Waals surface area contributed by atoms with Crippen molar-refractivity contribution >= 4 is 11.5 Å². The summed E-state index contributed by atoms with van der Waals surface area (Å²) in [5.41, 5.74) is 4.43. The number of rotatable bonds is 6. The number of aromatic nitrogens is 2. The summed E-state index contributed by atoms with van der Waals surface area (Å²) in [6.07, 6.45) is 5.30. The number of pyridine rings is 2. The number of hydrogen-bond donors (Lipinski definition) is 0. The van der Waals surface area contributed by atoms with Crippen molar-refractivity contribution in [1.29, 1.82) is 0 Å². The first kappa shape index (κ1) is 17.2. The predicted octanol–water partition coefficient (Wildman–Crippen LogP) is 4.10. The zero-order valence-corrected chi connectivity index (χ0v) is 14.7. The third-order valence-corrected chi connectivity index (χ3v) is 4.25. The second-order valence-electron chi connectivity index (χ2n) is 5.90. The highest BCUT2D eigenvalue weighted by Crippen LogP contribution is 2.27. The van der Waals surface area contributed by atoms with Gasteiger partial charge in [0, 0.05) is 24.1 Å². The van der Waals surface area contributed by atoms with Gasteiger partial charge in [-0.3, -0.25) is 4.98 Å². The van der Waals surface area contributed by atoms with E-state index >= 15 is 0 Å². The summed E-state index contributed by atoms with van der Waals surface area (Å²) in [5.74, 6) is -0.300. The molecule has 0 aliphatic heterocycles. The Kier molecular flexibility index (Phi) is 5.14. The largest absolute Gasteiger partial charge is 0.462 e. The maximum absolute atomic E-state index is 12.3. The van der Waals surface area contributed by atoms with Crippen LogP contribution < -0.4 is 0 Å². The molecular formula is C20H22N2O3. The van der Waals surface area contributed by atoms with Crippen LogP contribution in [-0.2, 0) is 16.1 Å². The topological polar surface area (TPSA) is 52.8 Å². The molecule has 0 bridgehead atoms. The van der Waals surface area contributed by atoms with Crippen LogP contribution in [0.2, 0.25) is 0 Å². The van der Waals surface area contributed by atoms with E-state index in [1.54, 1.807) is 12.4 Å². The third-order valence-electron chi connectivity index (χ3n) is 4.25. The van der Waals surface area contributed by atoms with Crippen LogP contribution in [0.3, 0.4) is 0 Å². The summed E-state index contributed by atoms with van der Waals surface area (Å²) in [6.45, 7) is 6.58. The summed E-state index contributed by atoms with van der Waals surface area (Å²) in [7, 11) is 0. The summed E-state index contributed by atoms with van der Waals surface area (Å²) in [4.78, 5) is 16.3. The number of fused-ring (bicyclic) bond motifs is 1. The van der Waals surface area contributed by atoms with E-state index in [2.05, 4.69) is 9.38 Å². The van der Waals surface area contributed by atoms with Crippen molar-refractivity contribution in [2.24, 2.45) is 0 Å². The molecule has 25 heavy (non-hydrogen) atoms. The van der Waals surface area contributed by atoms with Crippen LogP contribution in [0.25, 0.3) is 5.52 Å². The number of esters is 1. The standard InChI is InChI=1S/C20H22N2O3/c1-4-24-20(23)18-12-17-6-5-11-22(17)19(14(18)2)15(3)25-13-16-7-9-21-10-8-16/h5-12,15H,4,13H2,1-3H3. The highest BCUT2D eigenvalue weighted by Gasteiger charge is 2.20. The lowest BCUT2D eigenvalue weighted by Gasteiger charge is -2.20. The van der Waals surface area contributed by atoms with Gasteiger partial charge in [0.05, 0.1) is 30.6 Å². The molecule has 130 valence electrons. The Hall–Kier alpha value is -2.66. The van der Waals surface area contributed by atoms with E-state index in [-0.39, 0.29) is 12.1 Å². The van der Waals surface area contributed by atoms with Gasteiger partial charge in [0.15, 0.2) is 0 Å². The average Bonchev–Trinajstić information content (AvgIpc) is 3.08. The zero-order valence-electron chi connectivity index (χ0n) is 14.7. The fraction of sp³-hybridized carbons (Fsp3) is 0.300. The van der Waals surface area contributed by atoms with Gasteiger partial charge < -0.3 is 13.9 Å². The monoisotopic (exact) mass is 338 g/mol. The van der Waals surface area contributed by atoms with E-state index in [1.807, 2.05) is 57.3 Å². The van der Waals surface area contributed by atoms with Crippen molar-refractivity contribution in [3.8, 4) is 0 Å². The molecule has 0 N–H and O–H groups in total. The van der Waals surface area contributed by atoms with Crippen LogP contribution >= 0.6 is 0 Å². The molecular weight excluding hydrogens is 316 g/mol. The number of carbonyl (C=O) groups excluding carboxylic acids is 1. The van der Waals surface area contributed by atoms with Gasteiger partial charge in [0.2, 0.25) is 0 Å². The smallest absolute Gasteiger partial charge is 0.338 e. The van der Waals surface area contributed by atoms with Gasteiger partial charge in [-0.25, -0.2) is 4.79 Å². The lowest BCUT2D eigenvalue weighted by Crippen LogP contribution is -2.14. The fourth-order valence-corrected chi connectivity index (χ4v) is 3.01. The number of nitrogens with zero attached hydrogens (tertiary/aromatic N) is 2. The number of ether oxygens (including phenoxy) is 2. The molecule has 0 aromatic carbocycles. The van der Waals surface area contributed by atoms with E-state index in [0.717, 1.165) is 22.3 Å². The summed E-state index contributed by atoms with van der Waals surface area (Å²) in [5, 5.41) is 0. The average molecular weight is 338 g/mol. The molecule has 0 aliphatic rings. The molecule has 0 saturated carbocycles. The van der Waals surface area contributed by atoms with Crippen molar-refractivity contribution in [2.45, 2.75) is 33.5 Å². The van der Waals surface area contributed by atoms with Crippen LogP contribution in [0.5, 0.6) is 0 Å². The quantitative estimate of drug-likeness (QED) is 0.635. The number of hydrogen-bond acceptors (Lipinski definition) is 4. The Bertz CT molecular complexity index is 871. The maximum atomic E-state index is 12.3. The lowest BCUT2D eigenvalue weighted by molar-refractivity contribution is 0.0475. The summed E-state index contributed by atoms with van der Waals surface area (Å²) < 4.78 is 13.3. The summed E-state index contributed by atoms with van der Waals surface area (Å²) in [6, 6.07) is 9.66. The van der Waals surface area contributed by atoms with Gasteiger partial charge >= 0.3 is 5.97 Å². The highest BCUT2D eigenvalue weighted by molar-refractivity contribution is 5.92. The molecule has 3 rings (SSSR count). The fourth-order valence-electron chi connectivity index (χ4n) is 3.01. The van der Waals surface area contributed by atoms with Crippen LogP contribution in [0.1, 0.15) is 47.1 Å². The molecule has 0 saturated heterocycles. The lowest BCUT2D eigenvalue weighted by atomic mass is 10.0. The minimum atomic E-state index is -0.300. The van der Waals surface area contributed by atoms with Gasteiger partial charge in [-0.05, 0) is 62.2 Å². The van der Waals surface area contributed by atoms with E-state index in [1.165, 1.54) is 0 Å². The van der Waals surface area contributed by atoms with Crippen molar-refractivity contribution < 1.29 is 14.3 Å². The number of carbonyl (C=O) groups is 1. The van der Waals surface area contributed by atoms with Gasteiger partial charge in [-0.2, -0.15) is 0 Å². The minimum absolute atomic E-state index is 0.183. The first-order valence-electron chi connectivity index (χ1n) is 8.40. The van der Waals surface area contributed by atoms with E-state index in [9.17, 15) is 4.79 Å². The van der Waals surface area contributed by atoms with Gasteiger partial charge in [-0.1, -0.05) is 0 Å². The Morgan fingerprint density at radius 2 is 2.04 bits per heavy atom. The summed E-state index contributed by atoms with van der Waals surface area (Å²) >= 11 is 0. The van der Waals surface area contributed by atoms with Crippen LogP contribution in [0.4, 0.5) is 0 Å². The van der Waals surface area contributed by atoms with Gasteiger partial charge in [0.25, 0.3) is 0 Å². The Morgan fingerprint density at radius 1 is 1.28 bits per heavy atom. The second-order valence-corrected chi connectivity index (χ2v) is 5.90. The van der Waals surface area contributed by atoms with Crippen molar-refractivity contribution in [1.82, 2.24) is 9.38 Å². The molecule has 3 aromatic rings. The van der Waals surface area contributed by atoms with Gasteiger partial charge in [0.1, 0.15) is 0 Å². The van der Waals surface area contributed by atoms with Crippen molar-refractivity contribution in [3.63, 3.8) is 0 Å². The van der Waals surface area contributed by atoms with Crippen molar-refractivity contribution in [2.75, 3.05) is 6.61 Å². The van der Waals surface area contributed by atoms with E-state index in [4.69, 9.17) is 9.47 Å². The van der Waals surface area contributed by atoms with Crippen LogP contribution in [-0.4, -0.2) is 22.0 Å². The molecule has 0 amide bonds. The molecule has 0 spiro atoms. The highest BCUT2D eigenvalue weighted by atomic mass is 16.5. The Labute approximate surface area is 147 Å². The Balaban J connectivity index is 1.94.